The molecule has 2 aromatic heterocycles. The molecule has 55 heavy (non-hydrogen) atoms. The van der Waals surface area contributed by atoms with Crippen LogP contribution in [0.15, 0.2) is 176 Å². The maximum atomic E-state index is 11.6. The number of phenols is 1. The maximum Gasteiger partial charge on any atom is 0.149 e. The minimum atomic E-state index is -2.40. The molecule has 9 aromatic rings. The summed E-state index contributed by atoms with van der Waals surface area (Å²) in [4.78, 5) is 10.2. The van der Waals surface area contributed by atoms with E-state index >= 15 is 0 Å². The zero-order chi connectivity index (χ0) is 40.0. The molecular weight excluding hydrogens is 671 g/mol. The minimum absolute atomic E-state index is 0.124. The van der Waals surface area contributed by atoms with E-state index in [9.17, 15) is 5.11 Å². The van der Waals surface area contributed by atoms with Gasteiger partial charge in [-0.2, -0.15) is 0 Å². The molecule has 0 aliphatic carbocycles. The van der Waals surface area contributed by atoms with E-state index in [1.165, 1.54) is 0 Å². The van der Waals surface area contributed by atoms with Crippen LogP contribution >= 0.6 is 0 Å². The van der Waals surface area contributed by atoms with Crippen LogP contribution in [0, 0.1) is 20.7 Å². The highest BCUT2D eigenvalue weighted by Gasteiger charge is 2.22. The smallest absolute Gasteiger partial charge is 0.149 e. The molecular formula is C51H39N3O. The second-order valence-corrected chi connectivity index (χ2v) is 14.0. The zero-order valence-corrected chi connectivity index (χ0v) is 30.5. The fraction of sp³-hybridized carbons (Fsp3) is 0.0588. The Morgan fingerprint density at radius 2 is 1.18 bits per heavy atom. The Hall–Kier alpha value is -7.04. The number of benzene rings is 7. The van der Waals surface area contributed by atoms with Crippen LogP contribution < -0.4 is 0 Å². The number of phenolic OH excluding ortho intramolecular Hbond substituents is 1. The zero-order valence-electron chi connectivity index (χ0n) is 33.5. The van der Waals surface area contributed by atoms with E-state index in [4.69, 9.17) is 14.1 Å². The van der Waals surface area contributed by atoms with Gasteiger partial charge < -0.3 is 5.11 Å². The van der Waals surface area contributed by atoms with Gasteiger partial charge in [-0.25, -0.2) is 4.98 Å². The summed E-state index contributed by atoms with van der Waals surface area (Å²) < 4.78 is 27.8. The highest BCUT2D eigenvalue weighted by Crippen LogP contribution is 2.41. The van der Waals surface area contributed by atoms with E-state index in [1.54, 1.807) is 6.07 Å². The van der Waals surface area contributed by atoms with Crippen molar-refractivity contribution < 1.29 is 9.22 Å². The maximum absolute atomic E-state index is 11.6. The highest BCUT2D eigenvalue weighted by molar-refractivity contribution is 5.98. The molecule has 0 amide bonds. The highest BCUT2D eigenvalue weighted by atomic mass is 16.3. The molecule has 0 aliphatic rings. The molecule has 7 aromatic carbocycles. The van der Waals surface area contributed by atoms with Crippen LogP contribution in [0.1, 0.15) is 20.8 Å². The Kier molecular flexibility index (Phi) is 7.78. The molecule has 4 heteroatoms. The largest absolute Gasteiger partial charge is 0.507 e. The third-order valence-corrected chi connectivity index (χ3v) is 10.2. The first-order valence-electron chi connectivity index (χ1n) is 19.9. The number of nitrogens with zero attached hydrogens (tertiary/aromatic N) is 3. The first-order valence-corrected chi connectivity index (χ1v) is 18.4. The molecule has 0 saturated carbocycles. The lowest BCUT2D eigenvalue weighted by Gasteiger charge is -2.15. The molecule has 2 heterocycles. The number of hydrogen-bond donors (Lipinski definition) is 1. The Balaban J connectivity index is 1.30. The minimum Gasteiger partial charge on any atom is -0.507 e. The normalized spacial score (nSPS) is 12.3. The van der Waals surface area contributed by atoms with Crippen LogP contribution in [0.5, 0.6) is 5.75 Å². The van der Waals surface area contributed by atoms with Gasteiger partial charge in [0.15, 0.2) is 0 Å². The molecule has 0 aliphatic heterocycles. The van der Waals surface area contributed by atoms with Crippen molar-refractivity contribution >= 4 is 11.0 Å². The standard InChI is InChI=1S/C51H39N3O/c1-33-26-35(3)50(55)46(27-33)51-53-49-45(20-13-21-48(49)54(51)43-22-23-44(34(2)28-43)38-18-11-6-12-19-38)41-29-40(37-16-9-5-10-17-37)30-42(31-41)47-32-39(24-25-52-47)36-14-7-4-8-15-36/h4-32,55H,1-3H3/i2D3. The summed E-state index contributed by atoms with van der Waals surface area (Å²) in [6, 6.07) is 56.4. The van der Waals surface area contributed by atoms with Gasteiger partial charge in [0.2, 0.25) is 0 Å². The lowest BCUT2D eigenvalue weighted by Crippen LogP contribution is -2.00. The SMILES string of the molecule is [2H]C([2H])([2H])c1cc(-n2c(-c3cc(C)cc(C)c3O)nc3c(-c4cc(-c5ccccc5)cc(-c5cc(-c6ccccc6)ccn5)c4)cccc32)ccc1-c1ccccc1. The van der Waals surface area contributed by atoms with Crippen molar-refractivity contribution in [3.05, 3.63) is 193 Å². The summed E-state index contributed by atoms with van der Waals surface area (Å²) in [5.74, 6) is 0.630. The van der Waals surface area contributed by atoms with E-state index < -0.39 is 6.85 Å². The second-order valence-electron chi connectivity index (χ2n) is 14.0. The molecule has 0 spiro atoms. The number of imidazole rings is 1. The number of aromatic nitrogens is 3. The molecule has 264 valence electrons. The van der Waals surface area contributed by atoms with Crippen LogP contribution in [-0.4, -0.2) is 19.6 Å². The fourth-order valence-corrected chi connectivity index (χ4v) is 7.57. The second kappa shape index (κ2) is 14.1. The van der Waals surface area contributed by atoms with Gasteiger partial charge in [0.05, 0.1) is 22.3 Å². The average molecular weight is 713 g/mol. The number of aryl methyl sites for hydroxylation is 3. The van der Waals surface area contributed by atoms with Crippen molar-refractivity contribution in [1.82, 2.24) is 14.5 Å². The van der Waals surface area contributed by atoms with Crippen molar-refractivity contribution in [2.75, 3.05) is 0 Å². The third kappa shape index (κ3) is 6.38. The van der Waals surface area contributed by atoms with Crippen LogP contribution in [-0.2, 0) is 0 Å². The fourth-order valence-electron chi connectivity index (χ4n) is 7.57. The third-order valence-electron chi connectivity index (χ3n) is 10.2. The average Bonchev–Trinajstić information content (AvgIpc) is 3.65. The predicted octanol–water partition coefficient (Wildman–Crippen LogP) is 13.1. The van der Waals surface area contributed by atoms with Crippen molar-refractivity contribution in [3.8, 4) is 78.6 Å². The summed E-state index contributed by atoms with van der Waals surface area (Å²) in [7, 11) is 0. The van der Waals surface area contributed by atoms with Gasteiger partial charge in [-0.1, -0.05) is 115 Å². The van der Waals surface area contributed by atoms with E-state index in [0.29, 0.717) is 28.2 Å². The van der Waals surface area contributed by atoms with Gasteiger partial charge in [-0.3, -0.25) is 9.55 Å². The molecule has 0 radical (unpaired) electrons. The van der Waals surface area contributed by atoms with Gasteiger partial charge in [0.25, 0.3) is 0 Å². The molecule has 0 saturated heterocycles. The summed E-state index contributed by atoms with van der Waals surface area (Å²) in [6.45, 7) is 1.47. The van der Waals surface area contributed by atoms with Gasteiger partial charge in [0.1, 0.15) is 11.6 Å². The van der Waals surface area contributed by atoms with Crippen LogP contribution in [0.25, 0.3) is 83.9 Å². The molecule has 0 atom stereocenters. The first-order chi connectivity index (χ1) is 28.1. The summed E-state index contributed by atoms with van der Waals surface area (Å²) in [5, 5.41) is 11.6. The number of pyridine rings is 1. The van der Waals surface area contributed by atoms with Crippen molar-refractivity contribution in [2.45, 2.75) is 20.7 Å². The quantitative estimate of drug-likeness (QED) is 0.179. The molecule has 1 N–H and O–H groups in total. The van der Waals surface area contributed by atoms with Crippen molar-refractivity contribution in [2.24, 2.45) is 0 Å². The number of aromatic hydroxyl groups is 1. The molecule has 0 unspecified atom stereocenters. The van der Waals surface area contributed by atoms with Crippen LogP contribution in [0.4, 0.5) is 0 Å². The topological polar surface area (TPSA) is 50.9 Å². The van der Waals surface area contributed by atoms with Crippen molar-refractivity contribution in [1.29, 1.82) is 0 Å². The monoisotopic (exact) mass is 712 g/mol. The molecule has 9 rings (SSSR count). The summed E-state index contributed by atoms with van der Waals surface area (Å²) in [5.41, 5.74) is 14.0. The first kappa shape index (κ1) is 30.4. The van der Waals surface area contributed by atoms with E-state index in [1.807, 2.05) is 134 Å². The Morgan fingerprint density at radius 1 is 0.509 bits per heavy atom. The van der Waals surface area contributed by atoms with Crippen LogP contribution in [0.3, 0.4) is 0 Å². The van der Waals surface area contributed by atoms with E-state index in [0.717, 1.165) is 66.8 Å². The lowest BCUT2D eigenvalue weighted by molar-refractivity contribution is 0.472. The van der Waals surface area contributed by atoms with Gasteiger partial charge in [0, 0.05) is 27.1 Å². The number of para-hydroxylation sites is 1. The summed E-state index contributed by atoms with van der Waals surface area (Å²) in [6.07, 6.45) is 1.86. The Bertz CT molecular complexity index is 2960. The van der Waals surface area contributed by atoms with E-state index in [-0.39, 0.29) is 11.3 Å². The van der Waals surface area contributed by atoms with Crippen LogP contribution in [0.2, 0.25) is 0 Å². The number of hydrogen-bond acceptors (Lipinski definition) is 3. The predicted molar refractivity (Wildman–Crippen MR) is 227 cm³/mol. The number of fused-ring (bicyclic) bond motifs is 1. The van der Waals surface area contributed by atoms with Gasteiger partial charge in [-0.05, 0) is 131 Å². The summed E-state index contributed by atoms with van der Waals surface area (Å²) >= 11 is 0. The number of rotatable bonds is 7. The Morgan fingerprint density at radius 3 is 1.91 bits per heavy atom. The molecule has 0 fully saturated rings. The lowest BCUT2D eigenvalue weighted by atomic mass is 9.93. The molecule has 4 nitrogen and oxygen atoms in total. The molecule has 0 bridgehead atoms. The Labute approximate surface area is 325 Å². The van der Waals surface area contributed by atoms with Gasteiger partial charge >= 0.3 is 0 Å². The van der Waals surface area contributed by atoms with E-state index in [2.05, 4.69) is 54.6 Å². The van der Waals surface area contributed by atoms with Gasteiger partial charge in [-0.15, -0.1) is 0 Å². The van der Waals surface area contributed by atoms with Crippen molar-refractivity contribution in [3.63, 3.8) is 0 Å².